The largest absolute Gasteiger partial charge is 0.496 e. The highest BCUT2D eigenvalue weighted by Crippen LogP contribution is 2.23. The van der Waals surface area contributed by atoms with E-state index in [2.05, 4.69) is 15.6 Å². The van der Waals surface area contributed by atoms with E-state index < -0.39 is 16.8 Å². The second-order valence-electron chi connectivity index (χ2n) is 7.02. The standard InChI is InChI=1S/C21H33N3O4S/c1-5-22-21(24-16-8-7-9-17(13-16)29(26)6-2)23-14-15-10-11-19(27-3)18(12-15)20(25)28-4/h10-12,16-17H,5-9,13-14H2,1-4H3,(H2,22,23,24). The Kier molecular flexibility index (Phi) is 9.44. The summed E-state index contributed by atoms with van der Waals surface area (Å²) >= 11 is 0. The van der Waals surface area contributed by atoms with Gasteiger partial charge in [0.05, 0.1) is 20.8 Å². The quantitative estimate of drug-likeness (QED) is 0.380. The third-order valence-electron chi connectivity index (χ3n) is 5.06. The normalized spacial score (nSPS) is 20.6. The predicted octanol–water partition coefficient (Wildman–Crippen LogP) is 2.62. The highest BCUT2D eigenvalue weighted by atomic mass is 32.2. The van der Waals surface area contributed by atoms with Gasteiger partial charge in [-0.25, -0.2) is 9.79 Å². The van der Waals surface area contributed by atoms with Crippen LogP contribution in [0.25, 0.3) is 0 Å². The van der Waals surface area contributed by atoms with E-state index in [9.17, 15) is 9.00 Å². The number of aliphatic imine (C=N–C) groups is 1. The molecule has 0 saturated heterocycles. The summed E-state index contributed by atoms with van der Waals surface area (Å²) in [6.07, 6.45) is 4.07. The van der Waals surface area contributed by atoms with E-state index in [4.69, 9.17) is 9.47 Å². The minimum atomic E-state index is -0.754. The van der Waals surface area contributed by atoms with Crippen molar-refractivity contribution in [2.75, 3.05) is 26.5 Å². The van der Waals surface area contributed by atoms with Gasteiger partial charge in [-0.15, -0.1) is 0 Å². The van der Waals surface area contributed by atoms with Gasteiger partial charge in [-0.1, -0.05) is 19.4 Å². The van der Waals surface area contributed by atoms with E-state index in [1.807, 2.05) is 19.9 Å². The first kappa shape index (κ1) is 23.2. The number of guanidine groups is 1. The molecule has 2 rings (SSSR count). The van der Waals surface area contributed by atoms with Crippen LogP contribution in [-0.4, -0.2) is 53.9 Å². The number of hydrogen-bond donors (Lipinski definition) is 2. The Morgan fingerprint density at radius 3 is 2.72 bits per heavy atom. The first-order chi connectivity index (χ1) is 14.0. The molecule has 0 heterocycles. The highest BCUT2D eigenvalue weighted by molar-refractivity contribution is 7.85. The predicted molar refractivity (Wildman–Crippen MR) is 117 cm³/mol. The lowest BCUT2D eigenvalue weighted by molar-refractivity contribution is 0.0597. The third-order valence-corrected chi connectivity index (χ3v) is 6.80. The van der Waals surface area contributed by atoms with Gasteiger partial charge in [-0.05, 0) is 43.9 Å². The number of methoxy groups -OCH3 is 2. The monoisotopic (exact) mass is 423 g/mol. The van der Waals surface area contributed by atoms with Gasteiger partial charge in [-0.3, -0.25) is 4.21 Å². The van der Waals surface area contributed by atoms with E-state index >= 15 is 0 Å². The molecule has 29 heavy (non-hydrogen) atoms. The molecule has 3 atom stereocenters. The van der Waals surface area contributed by atoms with Gasteiger partial charge in [0.15, 0.2) is 5.96 Å². The van der Waals surface area contributed by atoms with Crippen molar-refractivity contribution >= 4 is 22.7 Å². The van der Waals surface area contributed by atoms with Gasteiger partial charge in [0.1, 0.15) is 11.3 Å². The maximum Gasteiger partial charge on any atom is 0.341 e. The molecule has 1 aromatic carbocycles. The minimum Gasteiger partial charge on any atom is -0.496 e. The first-order valence-corrected chi connectivity index (χ1v) is 11.6. The molecule has 8 heteroatoms. The summed E-state index contributed by atoms with van der Waals surface area (Å²) in [4.78, 5) is 16.6. The third kappa shape index (κ3) is 6.73. The fourth-order valence-electron chi connectivity index (χ4n) is 3.56. The molecule has 2 N–H and O–H groups in total. The summed E-state index contributed by atoms with van der Waals surface area (Å²) in [7, 11) is 2.12. The van der Waals surface area contributed by atoms with Crippen molar-refractivity contribution in [3.8, 4) is 5.75 Å². The number of esters is 1. The molecular weight excluding hydrogens is 390 g/mol. The lowest BCUT2D eigenvalue weighted by Crippen LogP contribution is -2.46. The summed E-state index contributed by atoms with van der Waals surface area (Å²) in [5.41, 5.74) is 1.27. The smallest absolute Gasteiger partial charge is 0.341 e. The molecule has 1 aromatic rings. The minimum absolute atomic E-state index is 0.262. The van der Waals surface area contributed by atoms with Crippen LogP contribution in [0, 0.1) is 0 Å². The Labute approximate surface area is 176 Å². The van der Waals surface area contributed by atoms with Gasteiger partial charge in [0.25, 0.3) is 0 Å². The molecular formula is C21H33N3O4S. The summed E-state index contributed by atoms with van der Waals surface area (Å²) in [6, 6.07) is 5.66. The topological polar surface area (TPSA) is 89.0 Å². The summed E-state index contributed by atoms with van der Waals surface area (Å²) in [5, 5.41) is 7.03. The number of carbonyl (C=O) groups excluding carboxylic acids is 1. The zero-order valence-corrected chi connectivity index (χ0v) is 18.6. The van der Waals surface area contributed by atoms with E-state index in [0.717, 1.165) is 43.8 Å². The van der Waals surface area contributed by atoms with Crippen molar-refractivity contribution in [3.05, 3.63) is 29.3 Å². The van der Waals surface area contributed by atoms with Crippen molar-refractivity contribution in [1.82, 2.24) is 10.6 Å². The maximum atomic E-state index is 12.2. The van der Waals surface area contributed by atoms with E-state index in [0.29, 0.717) is 23.6 Å². The Morgan fingerprint density at radius 2 is 2.07 bits per heavy atom. The van der Waals surface area contributed by atoms with Gasteiger partial charge in [-0.2, -0.15) is 0 Å². The molecule has 1 aliphatic carbocycles. The van der Waals surface area contributed by atoms with Crippen LogP contribution in [0.15, 0.2) is 23.2 Å². The molecule has 0 aliphatic heterocycles. The zero-order chi connectivity index (χ0) is 21.2. The maximum absolute atomic E-state index is 12.2. The van der Waals surface area contributed by atoms with Crippen LogP contribution < -0.4 is 15.4 Å². The highest BCUT2D eigenvalue weighted by Gasteiger charge is 2.26. The number of hydrogen-bond acceptors (Lipinski definition) is 5. The van der Waals surface area contributed by atoms with Crippen LogP contribution in [0.3, 0.4) is 0 Å². The Balaban J connectivity index is 2.09. The summed E-state index contributed by atoms with van der Waals surface area (Å²) in [6.45, 7) is 5.17. The van der Waals surface area contributed by atoms with E-state index in [-0.39, 0.29) is 11.3 Å². The molecule has 1 saturated carbocycles. The van der Waals surface area contributed by atoms with Crippen molar-refractivity contribution < 1.29 is 18.5 Å². The molecule has 3 unspecified atom stereocenters. The average molecular weight is 424 g/mol. The van der Waals surface area contributed by atoms with Gasteiger partial charge >= 0.3 is 5.97 Å². The lowest BCUT2D eigenvalue weighted by Gasteiger charge is -2.30. The van der Waals surface area contributed by atoms with Gasteiger partial charge in [0, 0.05) is 34.4 Å². The van der Waals surface area contributed by atoms with E-state index in [1.54, 1.807) is 12.1 Å². The number of rotatable bonds is 8. The molecule has 0 radical (unpaired) electrons. The molecule has 162 valence electrons. The molecule has 1 aliphatic rings. The van der Waals surface area contributed by atoms with Gasteiger partial charge in [0.2, 0.25) is 0 Å². The molecule has 1 fully saturated rings. The molecule has 0 bridgehead atoms. The molecule has 0 amide bonds. The Bertz CT molecular complexity index is 739. The van der Waals surface area contributed by atoms with Crippen LogP contribution in [0.4, 0.5) is 0 Å². The van der Waals surface area contributed by atoms with Crippen LogP contribution in [0.1, 0.15) is 55.5 Å². The van der Waals surface area contributed by atoms with Crippen LogP contribution >= 0.6 is 0 Å². The fourth-order valence-corrected chi connectivity index (χ4v) is 4.91. The number of ether oxygens (including phenoxy) is 2. The number of nitrogens with zero attached hydrogens (tertiary/aromatic N) is 1. The molecule has 7 nitrogen and oxygen atoms in total. The van der Waals surface area contributed by atoms with Crippen LogP contribution in [-0.2, 0) is 22.1 Å². The van der Waals surface area contributed by atoms with Crippen molar-refractivity contribution in [3.63, 3.8) is 0 Å². The molecule has 0 spiro atoms. The second-order valence-corrected chi connectivity index (χ2v) is 9.03. The van der Waals surface area contributed by atoms with Crippen molar-refractivity contribution in [2.24, 2.45) is 4.99 Å². The molecule has 0 aromatic heterocycles. The Hall–Kier alpha value is -2.09. The number of carbonyl (C=O) groups is 1. The number of nitrogens with one attached hydrogen (secondary N) is 2. The SMILES string of the molecule is CCNC(=NCc1ccc(OC)c(C(=O)OC)c1)NC1CCCC(S(=O)CC)C1. The second kappa shape index (κ2) is 11.8. The first-order valence-electron chi connectivity index (χ1n) is 10.2. The number of benzene rings is 1. The fraction of sp³-hybridized carbons (Fsp3) is 0.619. The Morgan fingerprint density at radius 1 is 1.28 bits per heavy atom. The van der Waals surface area contributed by atoms with Crippen molar-refractivity contribution in [1.29, 1.82) is 0 Å². The average Bonchev–Trinajstić information content (AvgIpc) is 2.76. The lowest BCUT2D eigenvalue weighted by atomic mass is 9.95. The van der Waals surface area contributed by atoms with Gasteiger partial charge < -0.3 is 20.1 Å². The summed E-state index contributed by atoms with van der Waals surface area (Å²) < 4.78 is 22.3. The summed E-state index contributed by atoms with van der Waals surface area (Å²) in [5.74, 6) is 1.49. The zero-order valence-electron chi connectivity index (χ0n) is 17.8. The van der Waals surface area contributed by atoms with Crippen LogP contribution in [0.2, 0.25) is 0 Å². The van der Waals surface area contributed by atoms with E-state index in [1.165, 1.54) is 14.2 Å². The van der Waals surface area contributed by atoms with Crippen molar-refractivity contribution in [2.45, 2.75) is 57.4 Å². The van der Waals surface area contributed by atoms with Crippen LogP contribution in [0.5, 0.6) is 5.75 Å².